The van der Waals surface area contributed by atoms with Crippen LogP contribution in [0.3, 0.4) is 0 Å². The molecule has 2 aromatic heterocycles. The molecule has 0 aliphatic carbocycles. The number of hydrogen-bond acceptors (Lipinski definition) is 11. The van der Waals surface area contributed by atoms with Gasteiger partial charge in [0.25, 0.3) is 0 Å². The molecule has 1 aliphatic heterocycles. The summed E-state index contributed by atoms with van der Waals surface area (Å²) in [5.41, 5.74) is -2.04. The van der Waals surface area contributed by atoms with Crippen LogP contribution in [0.25, 0.3) is 11.2 Å². The molecule has 0 amide bonds. The van der Waals surface area contributed by atoms with Crippen LogP contribution in [-0.4, -0.2) is 74.8 Å². The number of ether oxygens (including phenoxy) is 2. The van der Waals surface area contributed by atoms with Crippen molar-refractivity contribution < 1.29 is 32.8 Å². The minimum Gasteiger partial charge on any atom is -0.465 e. The zero-order valence-electron chi connectivity index (χ0n) is 22.3. The van der Waals surface area contributed by atoms with Crippen LogP contribution in [0.2, 0.25) is 0 Å². The monoisotopic (exact) mass is 592 g/mol. The number of imidazole rings is 1. The van der Waals surface area contributed by atoms with Crippen LogP contribution >= 0.6 is 6.64 Å². The Morgan fingerprint density at radius 1 is 1.40 bits per heavy atom. The predicted molar refractivity (Wildman–Crippen MR) is 149 cm³/mol. The number of fused-ring (bicyclic) bond motifs is 1. The smallest absolute Gasteiger partial charge is 0.323 e. The maximum absolute atomic E-state index is 16.2. The van der Waals surface area contributed by atoms with Crippen LogP contribution in [0.5, 0.6) is 5.75 Å². The Labute approximate surface area is 235 Å². The van der Waals surface area contributed by atoms with Crippen LogP contribution in [0.1, 0.15) is 25.9 Å². The quantitative estimate of drug-likeness (QED) is 0.171. The normalized spacial score (nSPS) is 24.7. The van der Waals surface area contributed by atoms with E-state index in [1.165, 1.54) is 10.9 Å². The highest BCUT2D eigenvalue weighted by Crippen LogP contribution is 2.48. The third-order valence-corrected chi connectivity index (χ3v) is 8.56. The first-order valence-electron chi connectivity index (χ1n) is 12.4. The van der Waals surface area contributed by atoms with E-state index in [1.54, 1.807) is 58.2 Å². The number of aliphatic hydroxyl groups excluding tert-OH is 1. The number of aliphatic hydroxyl groups is 1. The number of esters is 1. The third kappa shape index (κ3) is 5.95. The van der Waals surface area contributed by atoms with Gasteiger partial charge < -0.3 is 28.9 Å². The molecule has 6 atom stereocenters. The standard InChI is InChI=1S/C25H30FN6O6PS/c1-6-25(26)20(33)18(37-24(25)32-14-28-19-21(27-5)29-16(4)30-22(19)32)13-36-39(40,31-15(3)23(34)35-7-2)38-17-11-9-8-10-12-17/h1,8-12,14-15,18,20,24,33H,7,13H2,2-5H3,(H,31,40)(H,27,29,30)/t15-,18+,20+,24+,25+,39-/m0/s1. The molecule has 1 saturated heterocycles. The first-order valence-corrected chi connectivity index (χ1v) is 15.0. The lowest BCUT2D eigenvalue weighted by Gasteiger charge is -2.27. The van der Waals surface area contributed by atoms with Crippen molar-refractivity contribution in [3.8, 4) is 18.1 Å². The summed E-state index contributed by atoms with van der Waals surface area (Å²) in [4.78, 5) is 25.2. The maximum Gasteiger partial charge on any atom is 0.323 e. The Morgan fingerprint density at radius 2 is 2.12 bits per heavy atom. The number of carbonyl (C=O) groups is 1. The summed E-state index contributed by atoms with van der Waals surface area (Å²) >= 11 is 5.67. The van der Waals surface area contributed by atoms with Gasteiger partial charge in [-0.05, 0) is 44.7 Å². The van der Waals surface area contributed by atoms with E-state index < -0.39 is 49.4 Å². The number of aromatic nitrogens is 4. The highest BCUT2D eigenvalue weighted by molar-refractivity contribution is 8.09. The Bertz CT molecular complexity index is 1450. The molecule has 1 aliphatic rings. The number of benzene rings is 1. The van der Waals surface area contributed by atoms with Crippen molar-refractivity contribution >= 4 is 41.4 Å². The van der Waals surface area contributed by atoms with E-state index in [2.05, 4.69) is 25.4 Å². The Hall–Kier alpha value is -3.18. The number of para-hydroxylation sites is 1. The first-order chi connectivity index (χ1) is 19.0. The second-order valence-electron chi connectivity index (χ2n) is 8.88. The van der Waals surface area contributed by atoms with Gasteiger partial charge >= 0.3 is 12.6 Å². The molecule has 15 heteroatoms. The Morgan fingerprint density at radius 3 is 2.77 bits per heavy atom. The third-order valence-electron chi connectivity index (χ3n) is 6.06. The van der Waals surface area contributed by atoms with Gasteiger partial charge in [0, 0.05) is 7.05 Å². The van der Waals surface area contributed by atoms with Gasteiger partial charge in [-0.3, -0.25) is 9.36 Å². The fourth-order valence-electron chi connectivity index (χ4n) is 4.12. The maximum atomic E-state index is 16.2. The molecule has 3 N–H and O–H groups in total. The van der Waals surface area contributed by atoms with Crippen molar-refractivity contribution in [2.24, 2.45) is 0 Å². The summed E-state index contributed by atoms with van der Waals surface area (Å²) in [7, 11) is 1.67. The molecule has 12 nitrogen and oxygen atoms in total. The van der Waals surface area contributed by atoms with E-state index in [0.29, 0.717) is 22.9 Å². The number of anilines is 1. The number of alkyl halides is 1. The molecular formula is C25H30FN6O6PS. The van der Waals surface area contributed by atoms with Gasteiger partial charge in [-0.15, -0.1) is 6.42 Å². The van der Waals surface area contributed by atoms with Crippen molar-refractivity contribution in [1.82, 2.24) is 24.6 Å². The highest BCUT2D eigenvalue weighted by Gasteiger charge is 2.58. The van der Waals surface area contributed by atoms with Crippen LogP contribution in [0, 0.1) is 19.3 Å². The summed E-state index contributed by atoms with van der Waals surface area (Å²) < 4.78 is 40.4. The molecular weight excluding hydrogens is 562 g/mol. The van der Waals surface area contributed by atoms with Crippen molar-refractivity contribution in [2.75, 3.05) is 25.6 Å². The number of nitrogens with one attached hydrogen (secondary N) is 2. The largest absolute Gasteiger partial charge is 0.465 e. The summed E-state index contributed by atoms with van der Waals surface area (Å²) in [5, 5.41) is 16.8. The van der Waals surface area contributed by atoms with E-state index in [0.717, 1.165) is 0 Å². The molecule has 214 valence electrons. The summed E-state index contributed by atoms with van der Waals surface area (Å²) in [6.45, 7) is 1.18. The lowest BCUT2D eigenvalue weighted by atomic mass is 9.97. The summed E-state index contributed by atoms with van der Waals surface area (Å²) in [6, 6.07) is 7.71. The van der Waals surface area contributed by atoms with Gasteiger partial charge in [0.15, 0.2) is 23.2 Å². The van der Waals surface area contributed by atoms with Gasteiger partial charge in [-0.2, -0.15) is 0 Å². The van der Waals surface area contributed by atoms with E-state index in [1.807, 2.05) is 5.92 Å². The summed E-state index contributed by atoms with van der Waals surface area (Å²) in [6.07, 6.45) is 2.32. The van der Waals surface area contributed by atoms with Crippen molar-refractivity contribution in [2.45, 2.75) is 50.9 Å². The molecule has 3 heterocycles. The van der Waals surface area contributed by atoms with Gasteiger partial charge in [-0.1, -0.05) is 24.1 Å². The molecule has 1 fully saturated rings. The second-order valence-corrected chi connectivity index (χ2v) is 12.0. The van der Waals surface area contributed by atoms with Crippen LogP contribution in [-0.2, 0) is 30.6 Å². The van der Waals surface area contributed by atoms with E-state index >= 15 is 4.39 Å². The van der Waals surface area contributed by atoms with E-state index in [4.69, 9.17) is 36.8 Å². The molecule has 0 bridgehead atoms. The van der Waals surface area contributed by atoms with E-state index in [9.17, 15) is 9.90 Å². The molecule has 0 unspecified atom stereocenters. The second kappa shape index (κ2) is 12.1. The van der Waals surface area contributed by atoms with Crippen molar-refractivity contribution in [1.29, 1.82) is 0 Å². The molecule has 0 radical (unpaired) electrons. The highest BCUT2D eigenvalue weighted by atomic mass is 32.5. The fraction of sp³-hybridized carbons (Fsp3) is 0.440. The Balaban J connectivity index is 1.60. The van der Waals surface area contributed by atoms with Gasteiger partial charge in [0.1, 0.15) is 29.8 Å². The molecule has 1 aromatic carbocycles. The number of carbonyl (C=O) groups excluding carboxylic acids is 1. The molecule has 0 spiro atoms. The molecule has 0 saturated carbocycles. The molecule has 4 rings (SSSR count). The number of halogens is 1. The van der Waals surface area contributed by atoms with Crippen LogP contribution < -0.4 is 14.9 Å². The average molecular weight is 593 g/mol. The zero-order chi connectivity index (χ0) is 29.1. The van der Waals surface area contributed by atoms with Gasteiger partial charge in [0.2, 0.25) is 5.67 Å². The van der Waals surface area contributed by atoms with Crippen molar-refractivity contribution in [3.05, 3.63) is 42.5 Å². The topological polar surface area (TPSA) is 142 Å². The fourth-order valence-corrected chi connectivity index (χ4v) is 6.54. The van der Waals surface area contributed by atoms with Gasteiger partial charge in [-0.25, -0.2) is 24.4 Å². The zero-order valence-corrected chi connectivity index (χ0v) is 24.0. The SMILES string of the molecule is C#C[C@@]1(F)[C@H](O)[C@@H](CO[P@@](=S)(N[C@@H](C)C(=O)OCC)Oc2ccccc2)O[C@H]1n1cnc2c(NC)nc(C)nc21. The van der Waals surface area contributed by atoms with E-state index in [-0.39, 0.29) is 12.3 Å². The van der Waals surface area contributed by atoms with Crippen LogP contribution in [0.15, 0.2) is 36.7 Å². The lowest BCUT2D eigenvalue weighted by molar-refractivity contribution is -0.144. The lowest BCUT2D eigenvalue weighted by Crippen LogP contribution is -2.42. The first kappa shape index (κ1) is 29.8. The minimum atomic E-state index is -3.47. The number of aryl methyl sites for hydroxylation is 1. The number of terminal acetylenes is 1. The number of rotatable bonds is 11. The van der Waals surface area contributed by atoms with Gasteiger partial charge in [0.05, 0.1) is 19.5 Å². The predicted octanol–water partition coefficient (Wildman–Crippen LogP) is 2.64. The summed E-state index contributed by atoms with van der Waals surface area (Å²) in [5.74, 6) is 2.69. The number of nitrogens with zero attached hydrogens (tertiary/aromatic N) is 4. The minimum absolute atomic E-state index is 0.172. The molecule has 40 heavy (non-hydrogen) atoms. The van der Waals surface area contributed by atoms with Crippen LogP contribution in [0.4, 0.5) is 10.2 Å². The number of hydrogen-bond donors (Lipinski definition) is 3. The average Bonchev–Trinajstić information content (AvgIpc) is 3.46. The Kier molecular flexibility index (Phi) is 9.04. The molecule has 3 aromatic rings. The van der Waals surface area contributed by atoms with Crippen molar-refractivity contribution in [3.63, 3.8) is 0 Å².